The molecule has 5 N–H and O–H groups in total. The summed E-state index contributed by atoms with van der Waals surface area (Å²) in [5, 5.41) is 15.6. The van der Waals surface area contributed by atoms with Crippen LogP contribution in [0.15, 0.2) is 17.2 Å². The standard InChI is InChI=1S/C29H47N5O8S/c1-3-4-23-22-5-6-25(35)24(28(22)32-29(23)43-2)19-33-8-10-34(11-9-33)27(37)21-41-18-17-40-16-15-39-14-13-38-12-7-31-26(36)20-42-30/h5-6,32,35H,3-4,7-21,30H2,1-2H3,(H,31,36). The van der Waals surface area contributed by atoms with Gasteiger partial charge in [0.15, 0.2) is 0 Å². The number of ether oxygens (including phenoxy) is 4. The molecule has 1 aromatic heterocycles. The van der Waals surface area contributed by atoms with Crippen molar-refractivity contribution in [2.75, 3.05) is 98.4 Å². The number of H-pyrrole nitrogens is 1. The quantitative estimate of drug-likeness (QED) is 0.0898. The summed E-state index contributed by atoms with van der Waals surface area (Å²) in [5.74, 6) is 4.79. The molecule has 1 saturated heterocycles. The second-order valence-electron chi connectivity index (χ2n) is 10.1. The van der Waals surface area contributed by atoms with Crippen LogP contribution in [0.1, 0.15) is 24.5 Å². The zero-order chi connectivity index (χ0) is 30.9. The van der Waals surface area contributed by atoms with Crippen LogP contribution in [-0.4, -0.2) is 130 Å². The van der Waals surface area contributed by atoms with Crippen molar-refractivity contribution < 1.29 is 38.5 Å². The van der Waals surface area contributed by atoms with Crippen LogP contribution >= 0.6 is 11.8 Å². The van der Waals surface area contributed by atoms with Gasteiger partial charge in [-0.1, -0.05) is 13.3 Å². The average molecular weight is 626 g/mol. The summed E-state index contributed by atoms with van der Waals surface area (Å²) < 4.78 is 21.8. The van der Waals surface area contributed by atoms with Crippen molar-refractivity contribution in [2.45, 2.75) is 31.3 Å². The molecule has 13 nitrogen and oxygen atoms in total. The Bertz CT molecular complexity index is 1130. The number of hydrogen-bond acceptors (Lipinski definition) is 11. The van der Waals surface area contributed by atoms with Crippen LogP contribution in [0.2, 0.25) is 0 Å². The summed E-state index contributed by atoms with van der Waals surface area (Å²) in [5.41, 5.74) is 3.24. The SMILES string of the molecule is CCCc1c(SC)[nH]c2c(CN3CCN(C(=O)COCCOCCOCCOCCNC(=O)CON)CC3)c(O)ccc12. The predicted octanol–water partition coefficient (Wildman–Crippen LogP) is 1.27. The van der Waals surface area contributed by atoms with E-state index in [2.05, 4.69) is 33.2 Å². The molecule has 2 aromatic rings. The van der Waals surface area contributed by atoms with Gasteiger partial charge in [0.2, 0.25) is 11.8 Å². The molecule has 3 rings (SSSR count). The normalized spacial score (nSPS) is 14.1. The van der Waals surface area contributed by atoms with Crippen LogP contribution in [0.25, 0.3) is 10.9 Å². The Labute approximate surface area is 257 Å². The highest BCUT2D eigenvalue weighted by molar-refractivity contribution is 7.98. The van der Waals surface area contributed by atoms with Crippen LogP contribution in [0.5, 0.6) is 5.75 Å². The Kier molecular flexibility index (Phi) is 16.1. The average Bonchev–Trinajstić information content (AvgIpc) is 3.36. The number of aryl methyl sites for hydroxylation is 1. The van der Waals surface area contributed by atoms with Gasteiger partial charge >= 0.3 is 0 Å². The lowest BCUT2D eigenvalue weighted by Crippen LogP contribution is -2.49. The molecular weight excluding hydrogens is 578 g/mol. The lowest BCUT2D eigenvalue weighted by Gasteiger charge is -2.34. The molecule has 2 amide bonds. The highest BCUT2D eigenvalue weighted by Crippen LogP contribution is 2.35. The predicted molar refractivity (Wildman–Crippen MR) is 164 cm³/mol. The van der Waals surface area contributed by atoms with Crippen molar-refractivity contribution in [1.82, 2.24) is 20.1 Å². The third kappa shape index (κ3) is 11.5. The molecule has 0 spiro atoms. The van der Waals surface area contributed by atoms with E-state index in [4.69, 9.17) is 24.8 Å². The van der Waals surface area contributed by atoms with Crippen molar-refractivity contribution in [1.29, 1.82) is 0 Å². The van der Waals surface area contributed by atoms with E-state index >= 15 is 0 Å². The van der Waals surface area contributed by atoms with Crippen molar-refractivity contribution in [3.05, 3.63) is 23.3 Å². The number of nitrogens with two attached hydrogens (primary N) is 1. The molecule has 43 heavy (non-hydrogen) atoms. The maximum Gasteiger partial charge on any atom is 0.248 e. The summed E-state index contributed by atoms with van der Waals surface area (Å²) >= 11 is 1.71. The van der Waals surface area contributed by atoms with Gasteiger partial charge in [-0.15, -0.1) is 11.8 Å². The van der Waals surface area contributed by atoms with E-state index in [1.165, 1.54) is 10.9 Å². The summed E-state index contributed by atoms with van der Waals surface area (Å²) in [6, 6.07) is 3.81. The highest BCUT2D eigenvalue weighted by atomic mass is 32.2. The number of nitrogens with zero attached hydrogens (tertiary/aromatic N) is 2. The number of aromatic hydroxyl groups is 1. The molecule has 0 saturated carbocycles. The first-order chi connectivity index (χ1) is 21.0. The number of rotatable bonds is 21. The molecule has 1 aliphatic heterocycles. The number of hydrogen-bond donors (Lipinski definition) is 4. The van der Waals surface area contributed by atoms with Crippen LogP contribution in [0.4, 0.5) is 0 Å². The van der Waals surface area contributed by atoms with Gasteiger partial charge in [-0.25, -0.2) is 5.90 Å². The summed E-state index contributed by atoms with van der Waals surface area (Å²) in [6.45, 7) is 8.47. The Morgan fingerprint density at radius 1 is 0.953 bits per heavy atom. The number of carbonyl (C=O) groups is 2. The number of phenolic OH excluding ortho intramolecular Hbond substituents is 1. The first kappa shape index (κ1) is 35.1. The fourth-order valence-electron chi connectivity index (χ4n) is 4.85. The first-order valence-corrected chi connectivity index (χ1v) is 16.0. The molecule has 1 aliphatic rings. The van der Waals surface area contributed by atoms with Crippen LogP contribution in [0, 0.1) is 0 Å². The molecule has 0 unspecified atom stereocenters. The van der Waals surface area contributed by atoms with Gasteiger partial charge in [0.25, 0.3) is 0 Å². The van der Waals surface area contributed by atoms with E-state index in [-0.39, 0.29) is 25.0 Å². The maximum absolute atomic E-state index is 12.6. The number of piperazine rings is 1. The van der Waals surface area contributed by atoms with E-state index in [1.54, 1.807) is 17.8 Å². The van der Waals surface area contributed by atoms with Gasteiger partial charge in [0.05, 0.1) is 56.8 Å². The maximum atomic E-state index is 12.6. The Morgan fingerprint density at radius 3 is 2.23 bits per heavy atom. The van der Waals surface area contributed by atoms with Gasteiger partial charge in [0, 0.05) is 50.2 Å². The monoisotopic (exact) mass is 625 g/mol. The second-order valence-corrected chi connectivity index (χ2v) is 10.9. The number of thioether (sulfide) groups is 1. The van der Waals surface area contributed by atoms with Gasteiger partial charge in [-0.3, -0.25) is 19.3 Å². The lowest BCUT2D eigenvalue weighted by molar-refractivity contribution is -0.138. The summed E-state index contributed by atoms with van der Waals surface area (Å²) in [6.07, 6.45) is 4.13. The fourth-order valence-corrected chi connectivity index (χ4v) is 5.52. The minimum absolute atomic E-state index is 0.0249. The van der Waals surface area contributed by atoms with Gasteiger partial charge < -0.3 is 39.3 Å². The number of phenols is 1. The third-order valence-corrected chi connectivity index (χ3v) is 7.82. The number of nitrogens with one attached hydrogen (secondary N) is 2. The highest BCUT2D eigenvalue weighted by Gasteiger charge is 2.23. The van der Waals surface area contributed by atoms with Crippen LogP contribution < -0.4 is 11.2 Å². The van der Waals surface area contributed by atoms with Gasteiger partial charge in [-0.2, -0.15) is 0 Å². The molecule has 0 radical (unpaired) electrons. The summed E-state index contributed by atoms with van der Waals surface area (Å²) in [4.78, 5) is 35.6. The van der Waals surface area contributed by atoms with E-state index in [0.29, 0.717) is 78.2 Å². The van der Waals surface area contributed by atoms with E-state index < -0.39 is 0 Å². The third-order valence-electron chi connectivity index (χ3n) is 7.06. The summed E-state index contributed by atoms with van der Waals surface area (Å²) in [7, 11) is 0. The van der Waals surface area contributed by atoms with Gasteiger partial charge in [0.1, 0.15) is 19.0 Å². The fraction of sp³-hybridized carbons (Fsp3) is 0.655. The largest absolute Gasteiger partial charge is 0.508 e. The van der Waals surface area contributed by atoms with Gasteiger partial charge in [-0.05, 0) is 30.4 Å². The van der Waals surface area contributed by atoms with E-state index in [1.807, 2.05) is 11.0 Å². The number of aromatic amines is 1. The van der Waals surface area contributed by atoms with E-state index in [9.17, 15) is 14.7 Å². The Morgan fingerprint density at radius 2 is 1.60 bits per heavy atom. The number of fused-ring (bicyclic) bond motifs is 1. The van der Waals surface area contributed by atoms with Crippen molar-refractivity contribution in [3.8, 4) is 5.75 Å². The van der Waals surface area contributed by atoms with Crippen molar-refractivity contribution in [2.24, 2.45) is 5.90 Å². The molecule has 242 valence electrons. The molecule has 1 fully saturated rings. The smallest absolute Gasteiger partial charge is 0.248 e. The molecule has 1 aromatic carbocycles. The molecule has 0 bridgehead atoms. The number of benzene rings is 1. The zero-order valence-electron chi connectivity index (χ0n) is 25.4. The molecular formula is C29H47N5O8S. The molecule has 0 aliphatic carbocycles. The van der Waals surface area contributed by atoms with Crippen LogP contribution in [0.3, 0.4) is 0 Å². The molecule has 0 atom stereocenters. The van der Waals surface area contributed by atoms with Crippen molar-refractivity contribution >= 4 is 34.5 Å². The first-order valence-electron chi connectivity index (χ1n) is 14.8. The molecule has 14 heteroatoms. The zero-order valence-corrected chi connectivity index (χ0v) is 26.2. The van der Waals surface area contributed by atoms with Crippen LogP contribution in [-0.2, 0) is 46.3 Å². The topological polar surface area (TPSA) is 161 Å². The Hall–Kier alpha value is -2.43. The number of aromatic nitrogens is 1. The lowest BCUT2D eigenvalue weighted by atomic mass is 10.0. The van der Waals surface area contributed by atoms with Crippen molar-refractivity contribution in [3.63, 3.8) is 0 Å². The minimum atomic E-state index is -0.295. The number of carbonyl (C=O) groups excluding carboxylic acids is 2. The minimum Gasteiger partial charge on any atom is -0.508 e. The molecule has 2 heterocycles. The number of amides is 2. The Balaban J connectivity index is 1.23. The second kappa shape index (κ2) is 19.8. The van der Waals surface area contributed by atoms with E-state index in [0.717, 1.165) is 42.0 Å².